The molecular formula is C12H17NO5S2. The van der Waals surface area contributed by atoms with Gasteiger partial charge in [-0.05, 0) is 37.8 Å². The lowest BCUT2D eigenvalue weighted by Gasteiger charge is -2.26. The molecule has 1 fully saturated rings. The highest BCUT2D eigenvalue weighted by molar-refractivity contribution is 7.91. The molecule has 1 saturated carbocycles. The van der Waals surface area contributed by atoms with Gasteiger partial charge in [0.1, 0.15) is 4.21 Å². The Hall–Kier alpha value is -0.960. The van der Waals surface area contributed by atoms with E-state index in [1.807, 2.05) is 0 Å². The lowest BCUT2D eigenvalue weighted by molar-refractivity contribution is -0.136. The number of nitrogens with one attached hydrogen (secondary N) is 1. The molecule has 0 bridgehead atoms. The summed E-state index contributed by atoms with van der Waals surface area (Å²) in [6.45, 7) is 0. The van der Waals surface area contributed by atoms with Gasteiger partial charge in [-0.2, -0.15) is 0 Å². The van der Waals surface area contributed by atoms with Crippen LogP contribution < -0.4 is 4.72 Å². The second-order valence-electron chi connectivity index (χ2n) is 4.93. The van der Waals surface area contributed by atoms with Crippen LogP contribution >= 0.6 is 11.3 Å². The minimum Gasteiger partial charge on any atom is -0.481 e. The molecular weight excluding hydrogens is 302 g/mol. The predicted octanol–water partition coefficient (Wildman–Crippen LogP) is 0.957. The van der Waals surface area contributed by atoms with Crippen LogP contribution in [0.4, 0.5) is 0 Å². The molecule has 2 atom stereocenters. The van der Waals surface area contributed by atoms with E-state index in [4.69, 9.17) is 5.11 Å². The Morgan fingerprint density at radius 2 is 2.15 bits per heavy atom. The highest BCUT2D eigenvalue weighted by Gasteiger charge is 2.26. The Balaban J connectivity index is 2.06. The summed E-state index contributed by atoms with van der Waals surface area (Å²) in [6.07, 6.45) is 2.00. The maximum atomic E-state index is 12.2. The van der Waals surface area contributed by atoms with E-state index in [1.54, 1.807) is 0 Å². The first-order valence-corrected chi connectivity index (χ1v) is 8.67. The van der Waals surface area contributed by atoms with Gasteiger partial charge < -0.3 is 10.2 Å². The van der Waals surface area contributed by atoms with Gasteiger partial charge in [0.25, 0.3) is 0 Å². The van der Waals surface area contributed by atoms with E-state index in [1.165, 1.54) is 12.1 Å². The number of carboxylic acid groups (broad SMARTS) is 1. The van der Waals surface area contributed by atoms with Gasteiger partial charge in [-0.3, -0.25) is 4.79 Å². The molecule has 8 heteroatoms. The molecule has 112 valence electrons. The summed E-state index contributed by atoms with van der Waals surface area (Å²) in [5.74, 6) is -0.987. The van der Waals surface area contributed by atoms with Crippen LogP contribution in [-0.4, -0.2) is 36.7 Å². The molecule has 1 aliphatic carbocycles. The van der Waals surface area contributed by atoms with Crippen LogP contribution in [0.5, 0.6) is 0 Å². The Morgan fingerprint density at radius 3 is 2.80 bits per heavy atom. The highest BCUT2D eigenvalue weighted by atomic mass is 32.2. The second kappa shape index (κ2) is 6.21. The van der Waals surface area contributed by atoms with Gasteiger partial charge >= 0.3 is 5.97 Å². The summed E-state index contributed by atoms with van der Waals surface area (Å²) in [4.78, 5) is 11.1. The molecule has 1 heterocycles. The number of sulfonamides is 1. The van der Waals surface area contributed by atoms with Crippen molar-refractivity contribution in [3.63, 3.8) is 0 Å². The zero-order chi connectivity index (χ0) is 14.8. The molecule has 6 nitrogen and oxygen atoms in total. The zero-order valence-electron chi connectivity index (χ0n) is 10.8. The van der Waals surface area contributed by atoms with Crippen molar-refractivity contribution in [1.82, 2.24) is 4.72 Å². The fraction of sp³-hybridized carbons (Fsp3) is 0.583. The molecule has 0 aromatic carbocycles. The molecule has 1 aromatic heterocycles. The minimum atomic E-state index is -3.63. The van der Waals surface area contributed by atoms with Crippen molar-refractivity contribution in [2.75, 3.05) is 0 Å². The van der Waals surface area contributed by atoms with Gasteiger partial charge in [0.2, 0.25) is 10.0 Å². The molecule has 0 radical (unpaired) electrons. The monoisotopic (exact) mass is 319 g/mol. The van der Waals surface area contributed by atoms with Gasteiger partial charge in [0.15, 0.2) is 0 Å². The molecule has 1 aliphatic rings. The van der Waals surface area contributed by atoms with Gasteiger partial charge in [0, 0.05) is 10.9 Å². The van der Waals surface area contributed by atoms with E-state index < -0.39 is 22.1 Å². The van der Waals surface area contributed by atoms with Crippen molar-refractivity contribution in [1.29, 1.82) is 0 Å². The number of hydrogen-bond donors (Lipinski definition) is 3. The lowest BCUT2D eigenvalue weighted by Crippen LogP contribution is -2.39. The van der Waals surface area contributed by atoms with Gasteiger partial charge in [-0.1, -0.05) is 0 Å². The standard InChI is InChI=1S/C12H17NO5S2/c14-9-3-1-2-8(6-9)13-20(17,18)12-5-4-10(19-12)7-11(15)16/h4-5,8-9,13-14H,1-3,6-7H2,(H,15,16). The maximum Gasteiger partial charge on any atom is 0.308 e. The number of aliphatic hydroxyl groups excluding tert-OH is 1. The highest BCUT2D eigenvalue weighted by Crippen LogP contribution is 2.25. The van der Waals surface area contributed by atoms with E-state index in [9.17, 15) is 18.3 Å². The van der Waals surface area contributed by atoms with Crippen LogP contribution in [0.1, 0.15) is 30.6 Å². The molecule has 2 rings (SSSR count). The normalized spacial score (nSPS) is 23.6. The Labute approximate surface area is 121 Å². The van der Waals surface area contributed by atoms with E-state index in [-0.39, 0.29) is 16.7 Å². The van der Waals surface area contributed by atoms with Crippen LogP contribution in [0.15, 0.2) is 16.3 Å². The van der Waals surface area contributed by atoms with Crippen LogP contribution in [0.3, 0.4) is 0 Å². The summed E-state index contributed by atoms with van der Waals surface area (Å²) in [5, 5.41) is 18.2. The van der Waals surface area contributed by atoms with Gasteiger partial charge in [0.05, 0.1) is 12.5 Å². The molecule has 0 amide bonds. The van der Waals surface area contributed by atoms with Crippen molar-refractivity contribution in [2.24, 2.45) is 0 Å². The SMILES string of the molecule is O=C(O)Cc1ccc(S(=O)(=O)NC2CCCC(O)C2)s1. The first kappa shape index (κ1) is 15.4. The number of carboxylic acids is 1. The summed E-state index contributed by atoms with van der Waals surface area (Å²) < 4.78 is 27.1. The zero-order valence-corrected chi connectivity index (χ0v) is 12.4. The molecule has 0 saturated heterocycles. The average molecular weight is 319 g/mol. The minimum absolute atomic E-state index is 0.119. The van der Waals surface area contributed by atoms with E-state index in [0.717, 1.165) is 17.8 Å². The molecule has 1 aromatic rings. The molecule has 0 spiro atoms. The van der Waals surface area contributed by atoms with Crippen LogP contribution in [0.25, 0.3) is 0 Å². The predicted molar refractivity (Wildman–Crippen MR) is 74.2 cm³/mol. The third kappa shape index (κ3) is 4.02. The molecule has 0 aliphatic heterocycles. The summed E-state index contributed by atoms with van der Waals surface area (Å²) in [5.41, 5.74) is 0. The first-order chi connectivity index (χ1) is 9.37. The third-order valence-electron chi connectivity index (χ3n) is 3.20. The van der Waals surface area contributed by atoms with Gasteiger partial charge in [-0.15, -0.1) is 11.3 Å². The molecule has 2 unspecified atom stereocenters. The number of aliphatic carboxylic acids is 1. The molecule has 3 N–H and O–H groups in total. The Morgan fingerprint density at radius 1 is 1.40 bits per heavy atom. The van der Waals surface area contributed by atoms with Gasteiger partial charge in [-0.25, -0.2) is 13.1 Å². The number of carbonyl (C=O) groups is 1. The van der Waals surface area contributed by atoms with E-state index >= 15 is 0 Å². The van der Waals surface area contributed by atoms with Crippen LogP contribution in [0, 0.1) is 0 Å². The summed E-state index contributed by atoms with van der Waals surface area (Å²) in [6, 6.07) is 2.68. The van der Waals surface area contributed by atoms with Crippen molar-refractivity contribution in [2.45, 2.75) is 48.5 Å². The Kier molecular flexibility index (Phi) is 4.79. The van der Waals surface area contributed by atoms with Crippen molar-refractivity contribution in [3.05, 3.63) is 17.0 Å². The smallest absolute Gasteiger partial charge is 0.308 e. The van der Waals surface area contributed by atoms with Crippen molar-refractivity contribution >= 4 is 27.3 Å². The number of rotatable bonds is 5. The number of hydrogen-bond acceptors (Lipinski definition) is 5. The number of thiophene rings is 1. The number of aliphatic hydroxyl groups is 1. The topological polar surface area (TPSA) is 104 Å². The molecule has 20 heavy (non-hydrogen) atoms. The van der Waals surface area contributed by atoms with Crippen LogP contribution in [0.2, 0.25) is 0 Å². The summed E-state index contributed by atoms with van der Waals surface area (Å²) in [7, 11) is -3.63. The fourth-order valence-electron chi connectivity index (χ4n) is 2.30. The summed E-state index contributed by atoms with van der Waals surface area (Å²) >= 11 is 0.964. The Bertz CT molecular complexity index is 580. The lowest BCUT2D eigenvalue weighted by atomic mass is 9.94. The second-order valence-corrected chi connectivity index (χ2v) is 8.04. The maximum absolute atomic E-state index is 12.2. The van der Waals surface area contributed by atoms with E-state index in [2.05, 4.69) is 4.72 Å². The largest absolute Gasteiger partial charge is 0.481 e. The van der Waals surface area contributed by atoms with Crippen molar-refractivity contribution < 1.29 is 23.4 Å². The van der Waals surface area contributed by atoms with Crippen molar-refractivity contribution in [3.8, 4) is 0 Å². The van der Waals surface area contributed by atoms with E-state index in [0.29, 0.717) is 24.1 Å². The average Bonchev–Trinajstić information content (AvgIpc) is 2.76. The quantitative estimate of drug-likeness (QED) is 0.750. The third-order valence-corrected chi connectivity index (χ3v) is 6.29. The fourth-order valence-corrected chi connectivity index (χ4v) is 4.94. The first-order valence-electron chi connectivity index (χ1n) is 6.38. The van der Waals surface area contributed by atoms with Crippen LogP contribution in [-0.2, 0) is 21.2 Å².